The van der Waals surface area contributed by atoms with Gasteiger partial charge in [0.05, 0.1) is 4.92 Å². The molecule has 0 fully saturated rings. The minimum Gasteiger partial charge on any atom is -0.323 e. The first-order valence-electron chi connectivity index (χ1n) is 4.06. The first-order valence-corrected chi connectivity index (χ1v) is 4.06. The second kappa shape index (κ2) is 4.32. The predicted octanol–water partition coefficient (Wildman–Crippen LogP) is 0.804. The number of rotatable bonds is 3. The number of aromatic amines is 1. The van der Waals surface area contributed by atoms with Crippen LogP contribution in [0.4, 0.5) is 5.69 Å². The molecule has 1 heterocycles. The Morgan fingerprint density at radius 1 is 1.53 bits per heavy atom. The van der Waals surface area contributed by atoms with Crippen molar-refractivity contribution >= 4 is 18.0 Å². The summed E-state index contributed by atoms with van der Waals surface area (Å²) in [5, 5.41) is 10.6. The molecule has 0 spiro atoms. The van der Waals surface area contributed by atoms with Crippen LogP contribution in [0.3, 0.4) is 0 Å². The second-order valence-corrected chi connectivity index (χ2v) is 2.80. The van der Waals surface area contributed by atoms with Crippen molar-refractivity contribution in [3.8, 4) is 0 Å². The Morgan fingerprint density at radius 3 is 2.73 bits per heavy atom. The van der Waals surface area contributed by atoms with Gasteiger partial charge in [0.2, 0.25) is 0 Å². The number of allylic oxidation sites excluding steroid dienone is 1. The lowest BCUT2D eigenvalue weighted by Crippen LogP contribution is -2.13. The number of hydrogen-bond acceptors (Lipinski definition) is 4. The summed E-state index contributed by atoms with van der Waals surface area (Å²) in [5.74, 6) is 0. The molecule has 6 heteroatoms. The maximum absolute atomic E-state index is 11.1. The van der Waals surface area contributed by atoms with Gasteiger partial charge in [0.15, 0.2) is 0 Å². The molecule has 0 aliphatic carbocycles. The molecule has 0 unspecified atom stereocenters. The Morgan fingerprint density at radius 2 is 2.20 bits per heavy atom. The Kier molecular flexibility index (Phi) is 3.12. The number of pyridine rings is 1. The van der Waals surface area contributed by atoms with E-state index < -0.39 is 16.2 Å². The van der Waals surface area contributed by atoms with Crippen molar-refractivity contribution < 1.29 is 9.72 Å². The monoisotopic (exact) mass is 208 g/mol. The van der Waals surface area contributed by atoms with Crippen molar-refractivity contribution in [2.75, 3.05) is 0 Å². The molecule has 0 saturated carbocycles. The van der Waals surface area contributed by atoms with Crippen LogP contribution in [0, 0.1) is 17.0 Å². The molecule has 0 radical (unpaired) electrons. The fourth-order valence-electron chi connectivity index (χ4n) is 1.16. The summed E-state index contributed by atoms with van der Waals surface area (Å²) in [6.07, 6.45) is 4.47. The fourth-order valence-corrected chi connectivity index (χ4v) is 1.16. The molecular formula is C9H8N2O4. The number of carbonyl (C=O) groups excluding carboxylic acids is 1. The van der Waals surface area contributed by atoms with Gasteiger partial charge in [-0.1, -0.05) is 0 Å². The smallest absolute Gasteiger partial charge is 0.323 e. The second-order valence-electron chi connectivity index (χ2n) is 2.80. The highest BCUT2D eigenvalue weighted by Crippen LogP contribution is 2.16. The first-order chi connectivity index (χ1) is 7.07. The zero-order valence-electron chi connectivity index (χ0n) is 7.89. The first kappa shape index (κ1) is 10.8. The Labute approximate surface area is 84.4 Å². The van der Waals surface area contributed by atoms with Crippen molar-refractivity contribution in [2.45, 2.75) is 6.92 Å². The Balaban J connectivity index is 3.41. The molecule has 1 aromatic rings. The SMILES string of the molecule is Cc1c(C=CC=O)c[nH]c(=O)c1[N+](=O)[O-]. The number of aromatic nitrogens is 1. The van der Waals surface area contributed by atoms with Gasteiger partial charge in [-0.25, -0.2) is 0 Å². The molecule has 0 aliphatic heterocycles. The van der Waals surface area contributed by atoms with Gasteiger partial charge in [-0.3, -0.25) is 19.7 Å². The van der Waals surface area contributed by atoms with Crippen molar-refractivity contribution in [3.63, 3.8) is 0 Å². The van der Waals surface area contributed by atoms with Gasteiger partial charge < -0.3 is 4.98 Å². The van der Waals surface area contributed by atoms with Gasteiger partial charge in [0.1, 0.15) is 6.29 Å². The van der Waals surface area contributed by atoms with E-state index in [-0.39, 0.29) is 5.56 Å². The minimum atomic E-state index is -0.749. The normalized spacial score (nSPS) is 10.5. The van der Waals surface area contributed by atoms with Crippen LogP contribution in [0.5, 0.6) is 0 Å². The van der Waals surface area contributed by atoms with Gasteiger partial charge in [0, 0.05) is 17.3 Å². The van der Waals surface area contributed by atoms with Crippen LogP contribution in [0.2, 0.25) is 0 Å². The molecule has 0 aliphatic rings. The third-order valence-corrected chi connectivity index (χ3v) is 1.90. The van der Waals surface area contributed by atoms with Crippen molar-refractivity contribution in [2.24, 2.45) is 0 Å². The molecule has 78 valence electrons. The molecule has 6 nitrogen and oxygen atoms in total. The highest BCUT2D eigenvalue weighted by atomic mass is 16.6. The molecule has 15 heavy (non-hydrogen) atoms. The summed E-state index contributed by atoms with van der Waals surface area (Å²) in [6, 6.07) is 0. The summed E-state index contributed by atoms with van der Waals surface area (Å²) < 4.78 is 0. The largest absolute Gasteiger partial charge is 0.337 e. The van der Waals surface area contributed by atoms with E-state index in [9.17, 15) is 19.7 Å². The molecule has 0 bridgehead atoms. The van der Waals surface area contributed by atoms with Crippen molar-refractivity contribution in [1.29, 1.82) is 0 Å². The zero-order chi connectivity index (χ0) is 11.4. The number of nitrogens with zero attached hydrogens (tertiary/aromatic N) is 1. The number of carbonyl (C=O) groups is 1. The standard InChI is InChI=1S/C9H8N2O4/c1-6-7(3-2-4-12)5-10-9(13)8(6)11(14)15/h2-5H,1H3,(H,10,13). The van der Waals surface area contributed by atoms with Gasteiger partial charge in [-0.2, -0.15) is 0 Å². The molecule has 0 saturated heterocycles. The van der Waals surface area contributed by atoms with Crippen LogP contribution in [-0.2, 0) is 4.79 Å². The zero-order valence-corrected chi connectivity index (χ0v) is 7.89. The van der Waals surface area contributed by atoms with E-state index in [0.29, 0.717) is 11.8 Å². The topological polar surface area (TPSA) is 93.1 Å². The van der Waals surface area contributed by atoms with Crippen molar-refractivity contribution in [3.05, 3.63) is 43.9 Å². The summed E-state index contributed by atoms with van der Waals surface area (Å²) >= 11 is 0. The quantitative estimate of drug-likeness (QED) is 0.344. The van der Waals surface area contributed by atoms with Gasteiger partial charge in [0.25, 0.3) is 0 Å². The third-order valence-electron chi connectivity index (χ3n) is 1.90. The van der Waals surface area contributed by atoms with Gasteiger partial charge in [-0.15, -0.1) is 0 Å². The highest BCUT2D eigenvalue weighted by Gasteiger charge is 2.17. The number of H-pyrrole nitrogens is 1. The van der Waals surface area contributed by atoms with Gasteiger partial charge in [-0.05, 0) is 19.1 Å². The third kappa shape index (κ3) is 2.16. The highest BCUT2D eigenvalue weighted by molar-refractivity contribution is 5.75. The number of aldehydes is 1. The summed E-state index contributed by atoms with van der Waals surface area (Å²) in [7, 11) is 0. The molecular weight excluding hydrogens is 200 g/mol. The Bertz CT molecular complexity index is 487. The summed E-state index contributed by atoms with van der Waals surface area (Å²) in [5.41, 5.74) is -0.570. The maximum Gasteiger partial charge on any atom is 0.337 e. The number of nitro groups is 1. The number of nitrogens with one attached hydrogen (secondary N) is 1. The van der Waals surface area contributed by atoms with Crippen LogP contribution in [-0.4, -0.2) is 16.2 Å². The molecule has 0 aromatic carbocycles. The lowest BCUT2D eigenvalue weighted by molar-refractivity contribution is -0.386. The van der Waals surface area contributed by atoms with E-state index in [1.165, 1.54) is 25.3 Å². The molecule has 1 N–H and O–H groups in total. The predicted molar refractivity (Wildman–Crippen MR) is 53.6 cm³/mol. The van der Waals surface area contributed by atoms with E-state index in [2.05, 4.69) is 4.98 Å². The van der Waals surface area contributed by atoms with Gasteiger partial charge >= 0.3 is 11.2 Å². The molecule has 0 amide bonds. The average Bonchev–Trinajstić information content (AvgIpc) is 2.16. The summed E-state index contributed by atoms with van der Waals surface area (Å²) in [6.45, 7) is 1.46. The molecule has 0 atom stereocenters. The lowest BCUT2D eigenvalue weighted by Gasteiger charge is -1.99. The summed E-state index contributed by atoms with van der Waals surface area (Å²) in [4.78, 5) is 33.3. The van der Waals surface area contributed by atoms with E-state index >= 15 is 0 Å². The molecule has 1 aromatic heterocycles. The van der Waals surface area contributed by atoms with Crippen LogP contribution in [0.1, 0.15) is 11.1 Å². The van der Waals surface area contributed by atoms with Crippen molar-refractivity contribution in [1.82, 2.24) is 4.98 Å². The lowest BCUT2D eigenvalue weighted by atomic mass is 10.1. The molecule has 1 rings (SSSR count). The van der Waals surface area contributed by atoms with E-state index in [1.807, 2.05) is 0 Å². The fraction of sp³-hybridized carbons (Fsp3) is 0.111. The van der Waals surface area contributed by atoms with Crippen LogP contribution >= 0.6 is 0 Å². The van der Waals surface area contributed by atoms with Crippen LogP contribution in [0.25, 0.3) is 6.08 Å². The average molecular weight is 208 g/mol. The maximum atomic E-state index is 11.1. The van der Waals surface area contributed by atoms with Crippen LogP contribution in [0.15, 0.2) is 17.1 Å². The minimum absolute atomic E-state index is 0.238. The number of hydrogen-bond donors (Lipinski definition) is 1. The van der Waals surface area contributed by atoms with E-state index in [1.54, 1.807) is 0 Å². The van der Waals surface area contributed by atoms with Crippen LogP contribution < -0.4 is 5.56 Å². The van der Waals surface area contributed by atoms with E-state index in [4.69, 9.17) is 0 Å². The van der Waals surface area contributed by atoms with E-state index in [0.717, 1.165) is 0 Å². The Hall–Kier alpha value is -2.24.